The summed E-state index contributed by atoms with van der Waals surface area (Å²) in [7, 11) is 0. The van der Waals surface area contributed by atoms with E-state index in [0.717, 1.165) is 61.8 Å². The van der Waals surface area contributed by atoms with Crippen molar-refractivity contribution < 1.29 is 19.5 Å². The molecule has 36 heavy (non-hydrogen) atoms. The number of rotatable bonds is 3. The maximum atomic E-state index is 13.9. The van der Waals surface area contributed by atoms with Gasteiger partial charge in [0.05, 0.1) is 11.0 Å². The van der Waals surface area contributed by atoms with Gasteiger partial charge < -0.3 is 15.3 Å². The van der Waals surface area contributed by atoms with Gasteiger partial charge in [0.15, 0.2) is 0 Å². The minimum absolute atomic E-state index is 0.0957. The van der Waals surface area contributed by atoms with Gasteiger partial charge in [-0.05, 0) is 65.5 Å². The van der Waals surface area contributed by atoms with Crippen LogP contribution in [0.3, 0.4) is 0 Å². The second-order valence-corrected chi connectivity index (χ2v) is 12.5. The Kier molecular flexibility index (Phi) is 6.49. The summed E-state index contributed by atoms with van der Waals surface area (Å²) in [5, 5.41) is 14.4. The molecule has 1 aromatic carbocycles. The molecule has 0 radical (unpaired) electrons. The van der Waals surface area contributed by atoms with Crippen molar-refractivity contribution in [2.45, 2.75) is 64.5 Å². The van der Waals surface area contributed by atoms with Crippen LogP contribution in [0.2, 0.25) is 0 Å². The molecule has 8 nitrogen and oxygen atoms in total. The smallest absolute Gasteiger partial charge is 0.412 e. The van der Waals surface area contributed by atoms with Crippen LogP contribution in [0.4, 0.5) is 9.80 Å². The normalized spacial score (nSPS) is 23.9. The molecule has 2 aromatic rings. The number of nitrogens with one attached hydrogen (secondary N) is 1. The maximum Gasteiger partial charge on any atom is 0.412 e. The summed E-state index contributed by atoms with van der Waals surface area (Å²) in [5.74, 6) is 0.111. The van der Waals surface area contributed by atoms with Crippen LogP contribution in [0.15, 0.2) is 24.3 Å². The zero-order valence-electron chi connectivity index (χ0n) is 21.4. The number of hydrogen-bond acceptors (Lipinski definition) is 5. The summed E-state index contributed by atoms with van der Waals surface area (Å²) < 4.78 is 0.912. The number of nitrogens with zero attached hydrogens (tertiary/aromatic N) is 3. The first-order valence-corrected chi connectivity index (χ1v) is 13.8. The molecule has 1 unspecified atom stereocenters. The molecule has 3 amide bonds. The lowest BCUT2D eigenvalue weighted by molar-refractivity contribution is -0.131. The van der Waals surface area contributed by atoms with Gasteiger partial charge in [0.2, 0.25) is 5.91 Å². The van der Waals surface area contributed by atoms with Crippen LogP contribution < -0.4 is 10.2 Å². The third-order valence-corrected chi connectivity index (χ3v) is 9.26. The van der Waals surface area contributed by atoms with Crippen molar-refractivity contribution in [1.29, 1.82) is 0 Å². The molecule has 194 valence electrons. The fourth-order valence-corrected chi connectivity index (χ4v) is 7.63. The summed E-state index contributed by atoms with van der Waals surface area (Å²) >= 11 is 1.37. The van der Waals surface area contributed by atoms with E-state index in [0.29, 0.717) is 29.7 Å². The average Bonchev–Trinajstić information content (AvgIpc) is 3.37. The molecule has 3 aliphatic rings. The zero-order chi connectivity index (χ0) is 25.7. The first-order valence-electron chi connectivity index (χ1n) is 13.0. The lowest BCUT2D eigenvalue weighted by atomic mass is 9.77. The predicted molar refractivity (Wildman–Crippen MR) is 142 cm³/mol. The van der Waals surface area contributed by atoms with Crippen LogP contribution in [0.25, 0.3) is 10.1 Å². The van der Waals surface area contributed by atoms with Gasteiger partial charge in [-0.1, -0.05) is 18.2 Å². The molecule has 0 aliphatic carbocycles. The van der Waals surface area contributed by atoms with Crippen molar-refractivity contribution in [3.8, 4) is 0 Å². The molecule has 3 aliphatic heterocycles. The highest BCUT2D eigenvalue weighted by Gasteiger charge is 2.46. The summed E-state index contributed by atoms with van der Waals surface area (Å²) in [4.78, 5) is 44.4. The van der Waals surface area contributed by atoms with Gasteiger partial charge in [-0.25, -0.2) is 4.79 Å². The molecule has 3 saturated heterocycles. The number of piperidine rings is 2. The Morgan fingerprint density at radius 3 is 2.50 bits per heavy atom. The topological polar surface area (TPSA) is 93.2 Å². The minimum Gasteiger partial charge on any atom is -0.465 e. The molecule has 0 bridgehead atoms. The summed E-state index contributed by atoms with van der Waals surface area (Å²) in [6.45, 7) is 9.40. The second-order valence-electron chi connectivity index (χ2n) is 11.5. The largest absolute Gasteiger partial charge is 0.465 e. The van der Waals surface area contributed by atoms with E-state index in [1.54, 1.807) is 0 Å². The molecule has 4 heterocycles. The van der Waals surface area contributed by atoms with Crippen LogP contribution in [-0.2, 0) is 4.79 Å². The van der Waals surface area contributed by atoms with Gasteiger partial charge in [0, 0.05) is 47.8 Å². The third kappa shape index (κ3) is 4.36. The molecular weight excluding hydrogens is 476 g/mol. The molecule has 5 rings (SSSR count). The van der Waals surface area contributed by atoms with Gasteiger partial charge in [-0.15, -0.1) is 11.3 Å². The first kappa shape index (κ1) is 25.0. The van der Waals surface area contributed by atoms with E-state index in [1.165, 1.54) is 16.2 Å². The summed E-state index contributed by atoms with van der Waals surface area (Å²) in [5.41, 5.74) is -0.431. The lowest BCUT2D eigenvalue weighted by Crippen LogP contribution is -2.54. The Labute approximate surface area is 216 Å². The number of benzene rings is 1. The molecular formula is C27H36N4O4S. The highest BCUT2D eigenvalue weighted by Crippen LogP contribution is 2.42. The Hall–Kier alpha value is -2.65. The van der Waals surface area contributed by atoms with E-state index < -0.39 is 11.6 Å². The molecule has 1 spiro atoms. The molecule has 3 fully saturated rings. The van der Waals surface area contributed by atoms with Gasteiger partial charge in [-0.3, -0.25) is 19.4 Å². The Morgan fingerprint density at radius 1 is 1.14 bits per heavy atom. The fourth-order valence-electron chi connectivity index (χ4n) is 6.25. The number of carboxylic acid groups (broad SMARTS) is 1. The lowest BCUT2D eigenvalue weighted by Gasteiger charge is -2.45. The monoisotopic (exact) mass is 512 g/mol. The summed E-state index contributed by atoms with van der Waals surface area (Å²) in [6, 6.07) is 8.04. The van der Waals surface area contributed by atoms with Crippen molar-refractivity contribution >= 4 is 44.3 Å². The highest BCUT2D eigenvalue weighted by atomic mass is 32.1. The highest BCUT2D eigenvalue weighted by molar-refractivity contribution is 7.23. The van der Waals surface area contributed by atoms with Crippen LogP contribution >= 0.6 is 11.3 Å². The Balaban J connectivity index is 1.36. The van der Waals surface area contributed by atoms with Gasteiger partial charge in [-0.2, -0.15) is 0 Å². The number of likely N-dealkylation sites (tertiary alicyclic amines) is 2. The Morgan fingerprint density at radius 2 is 1.86 bits per heavy atom. The van der Waals surface area contributed by atoms with Crippen molar-refractivity contribution in [1.82, 2.24) is 15.1 Å². The number of thiophene rings is 1. The van der Waals surface area contributed by atoms with E-state index in [4.69, 9.17) is 0 Å². The third-order valence-electron chi connectivity index (χ3n) is 8.10. The van der Waals surface area contributed by atoms with Gasteiger partial charge in [0.1, 0.15) is 5.00 Å². The van der Waals surface area contributed by atoms with Crippen LogP contribution in [0, 0.1) is 5.41 Å². The maximum absolute atomic E-state index is 13.9. The van der Waals surface area contributed by atoms with Gasteiger partial charge >= 0.3 is 6.09 Å². The zero-order valence-corrected chi connectivity index (χ0v) is 22.2. The summed E-state index contributed by atoms with van der Waals surface area (Å²) in [6.07, 6.45) is 3.59. The van der Waals surface area contributed by atoms with Crippen LogP contribution in [0.5, 0.6) is 0 Å². The predicted octanol–water partition coefficient (Wildman–Crippen LogP) is 4.39. The fraction of sp³-hybridized carbons (Fsp3) is 0.593. The molecule has 2 N–H and O–H groups in total. The number of fused-ring (bicyclic) bond motifs is 1. The van der Waals surface area contributed by atoms with E-state index in [9.17, 15) is 19.5 Å². The van der Waals surface area contributed by atoms with Crippen LogP contribution in [0.1, 0.15) is 63.2 Å². The number of hydrogen-bond donors (Lipinski definition) is 2. The van der Waals surface area contributed by atoms with E-state index in [1.807, 2.05) is 49.9 Å². The number of amides is 3. The van der Waals surface area contributed by atoms with Crippen LogP contribution in [-0.4, -0.2) is 77.1 Å². The van der Waals surface area contributed by atoms with Crippen molar-refractivity contribution in [2.75, 3.05) is 37.6 Å². The number of carbonyl (C=O) groups excluding carboxylic acids is 2. The van der Waals surface area contributed by atoms with Crippen molar-refractivity contribution in [3.63, 3.8) is 0 Å². The number of anilines is 1. The van der Waals surface area contributed by atoms with E-state index >= 15 is 0 Å². The minimum atomic E-state index is -1.06. The first-order chi connectivity index (χ1) is 17.1. The Bertz CT molecular complexity index is 1180. The van der Waals surface area contributed by atoms with E-state index in [2.05, 4.69) is 10.2 Å². The average molecular weight is 513 g/mol. The van der Waals surface area contributed by atoms with Gasteiger partial charge in [0.25, 0.3) is 5.91 Å². The standard InChI is InChI=1S/C27H36N4O4S/c1-26(2,3)31(25(34)35)23-21(19-7-4-5-8-20(19)36-23)22(32)29-15-9-18(10-16-29)30-14-6-11-27(17-30)12-13-28-24(27)33/h4-5,7-8,18H,6,9-17H2,1-3H3,(H,28,33)(H,34,35). The van der Waals surface area contributed by atoms with Crippen molar-refractivity contribution in [2.24, 2.45) is 5.41 Å². The number of carbonyl (C=O) groups is 3. The SMILES string of the molecule is CC(C)(C)N(C(=O)O)c1sc2ccccc2c1C(=O)N1CCC(N2CCCC3(CCNC3=O)C2)CC1. The van der Waals surface area contributed by atoms with E-state index in [-0.39, 0.29) is 17.2 Å². The molecule has 1 aromatic heterocycles. The van der Waals surface area contributed by atoms with Crippen molar-refractivity contribution in [3.05, 3.63) is 29.8 Å². The molecule has 9 heteroatoms. The molecule has 0 saturated carbocycles. The second kappa shape index (κ2) is 9.34. The quantitative estimate of drug-likeness (QED) is 0.636. The molecule has 1 atom stereocenters.